The molecule has 0 radical (unpaired) electrons. The minimum Gasteiger partial charge on any atom is -0.352 e. The summed E-state index contributed by atoms with van der Waals surface area (Å²) in [6, 6.07) is 15.0. The number of hydrogen-bond acceptors (Lipinski definition) is 2. The monoisotopic (exact) mass is 322 g/mol. The highest BCUT2D eigenvalue weighted by Crippen LogP contribution is 2.19. The molecule has 0 aliphatic heterocycles. The summed E-state index contributed by atoms with van der Waals surface area (Å²) in [5, 5.41) is 4.31. The number of pyridine rings is 1. The number of nitrogens with zero attached hydrogens (tertiary/aromatic N) is 1. The van der Waals surface area contributed by atoms with Crippen molar-refractivity contribution in [2.45, 2.75) is 33.4 Å². The van der Waals surface area contributed by atoms with Crippen LogP contribution >= 0.6 is 0 Å². The van der Waals surface area contributed by atoms with Crippen LogP contribution in [0.2, 0.25) is 0 Å². The van der Waals surface area contributed by atoms with Gasteiger partial charge in [0.1, 0.15) is 6.54 Å². The normalized spacial score (nSPS) is 12.7. The highest BCUT2D eigenvalue weighted by Gasteiger charge is 2.15. The smallest absolute Gasteiger partial charge is 0.240 e. The third kappa shape index (κ3) is 2.92. The Hall–Kier alpha value is -2.62. The molecule has 1 aromatic heterocycles. The first-order chi connectivity index (χ1) is 11.5. The lowest BCUT2D eigenvalue weighted by atomic mass is 10.1. The summed E-state index contributed by atoms with van der Waals surface area (Å²) in [5.74, 6) is 0.326. The Morgan fingerprint density at radius 3 is 1.96 bits per heavy atom. The summed E-state index contributed by atoms with van der Waals surface area (Å²) in [4.78, 5) is 25.2. The Balaban J connectivity index is 2.13. The minimum atomic E-state index is -0.0462. The number of benzene rings is 2. The van der Waals surface area contributed by atoms with Crippen LogP contribution in [0.15, 0.2) is 53.3 Å². The van der Waals surface area contributed by atoms with Crippen molar-refractivity contribution in [3.8, 4) is 0 Å². The fraction of sp³-hybridized carbons (Fsp3) is 0.300. The summed E-state index contributed by atoms with van der Waals surface area (Å²) in [6.45, 7) is 6.35. The Bertz CT molecular complexity index is 897. The van der Waals surface area contributed by atoms with E-state index in [1.165, 1.54) is 0 Å². The molecular weight excluding hydrogens is 300 g/mol. The van der Waals surface area contributed by atoms with Gasteiger partial charge < -0.3 is 9.88 Å². The summed E-state index contributed by atoms with van der Waals surface area (Å²) >= 11 is 0. The molecule has 0 spiro atoms. The van der Waals surface area contributed by atoms with Crippen LogP contribution in [0.3, 0.4) is 0 Å². The van der Waals surface area contributed by atoms with Gasteiger partial charge in [-0.25, -0.2) is 0 Å². The molecule has 0 bridgehead atoms. The van der Waals surface area contributed by atoms with Crippen LogP contribution in [0.4, 0.5) is 0 Å². The second kappa shape index (κ2) is 6.48. The van der Waals surface area contributed by atoms with Gasteiger partial charge in [0.15, 0.2) is 5.43 Å². The fourth-order valence-electron chi connectivity index (χ4n) is 2.86. The van der Waals surface area contributed by atoms with Crippen molar-refractivity contribution in [1.82, 2.24) is 9.88 Å². The molecule has 124 valence electrons. The predicted octanol–water partition coefficient (Wildman–Crippen LogP) is 3.32. The van der Waals surface area contributed by atoms with Crippen molar-refractivity contribution < 1.29 is 4.79 Å². The molecule has 4 nitrogen and oxygen atoms in total. The molecule has 3 rings (SSSR count). The highest BCUT2D eigenvalue weighted by molar-refractivity contribution is 5.94. The van der Waals surface area contributed by atoms with Crippen LogP contribution in [0.5, 0.6) is 0 Å². The van der Waals surface area contributed by atoms with E-state index in [9.17, 15) is 9.59 Å². The fourth-order valence-corrected chi connectivity index (χ4v) is 2.86. The number of hydrogen-bond donors (Lipinski definition) is 1. The molecule has 0 aliphatic rings. The van der Waals surface area contributed by atoms with Gasteiger partial charge in [0.05, 0.1) is 11.0 Å². The number of carbonyl (C=O) groups is 1. The summed E-state index contributed by atoms with van der Waals surface area (Å²) in [6.07, 6.45) is 0. The molecule has 0 saturated heterocycles. The summed E-state index contributed by atoms with van der Waals surface area (Å²) in [7, 11) is 0. The van der Waals surface area contributed by atoms with E-state index in [0.29, 0.717) is 16.7 Å². The summed E-state index contributed by atoms with van der Waals surface area (Å²) < 4.78 is 1.93. The lowest BCUT2D eigenvalue weighted by Gasteiger charge is -2.19. The molecule has 0 saturated carbocycles. The van der Waals surface area contributed by atoms with Gasteiger partial charge in [-0.05, 0) is 37.1 Å². The van der Waals surface area contributed by atoms with E-state index in [-0.39, 0.29) is 23.9 Å². The van der Waals surface area contributed by atoms with Crippen molar-refractivity contribution in [3.63, 3.8) is 0 Å². The number of carbonyl (C=O) groups excluding carboxylic acids is 1. The number of nitrogens with one attached hydrogen (secondary N) is 1. The zero-order valence-electron chi connectivity index (χ0n) is 14.2. The standard InChI is InChI=1S/C20H22N2O2/c1-13(2)14(3)21-19(23)12-22-17-10-6-4-8-15(17)20(24)16-9-5-7-11-18(16)22/h4-11,13-14H,12H2,1-3H3,(H,21,23). The van der Waals surface area contributed by atoms with Crippen LogP contribution < -0.4 is 10.7 Å². The largest absolute Gasteiger partial charge is 0.352 e. The Morgan fingerprint density at radius 2 is 1.46 bits per heavy atom. The van der Waals surface area contributed by atoms with E-state index in [1.807, 2.05) is 60.0 Å². The van der Waals surface area contributed by atoms with Crippen molar-refractivity contribution in [1.29, 1.82) is 0 Å². The molecule has 1 unspecified atom stereocenters. The van der Waals surface area contributed by atoms with Crippen LogP contribution in [0, 0.1) is 5.92 Å². The molecule has 1 N–H and O–H groups in total. The maximum atomic E-state index is 12.7. The van der Waals surface area contributed by atoms with Crippen molar-refractivity contribution in [3.05, 3.63) is 58.8 Å². The molecule has 1 amide bonds. The first-order valence-corrected chi connectivity index (χ1v) is 8.28. The van der Waals surface area contributed by atoms with Gasteiger partial charge in [-0.2, -0.15) is 0 Å². The first kappa shape index (κ1) is 16.2. The van der Waals surface area contributed by atoms with E-state index in [0.717, 1.165) is 11.0 Å². The van der Waals surface area contributed by atoms with Crippen molar-refractivity contribution >= 4 is 27.7 Å². The molecule has 2 aromatic carbocycles. The maximum Gasteiger partial charge on any atom is 0.240 e. The third-order valence-corrected chi connectivity index (χ3v) is 4.57. The number of rotatable bonds is 4. The molecule has 1 atom stereocenters. The van der Waals surface area contributed by atoms with Crippen LogP contribution in [0.1, 0.15) is 20.8 Å². The Morgan fingerprint density at radius 1 is 0.958 bits per heavy atom. The number of fused-ring (bicyclic) bond motifs is 2. The number of aromatic nitrogens is 1. The van der Waals surface area contributed by atoms with Gasteiger partial charge in [-0.1, -0.05) is 38.1 Å². The third-order valence-electron chi connectivity index (χ3n) is 4.57. The van der Waals surface area contributed by atoms with Gasteiger partial charge >= 0.3 is 0 Å². The van der Waals surface area contributed by atoms with Gasteiger partial charge in [-0.15, -0.1) is 0 Å². The topological polar surface area (TPSA) is 51.1 Å². The minimum absolute atomic E-state index is 0.00778. The van der Waals surface area contributed by atoms with Gasteiger partial charge in [0.25, 0.3) is 0 Å². The van der Waals surface area contributed by atoms with Gasteiger partial charge in [0.2, 0.25) is 5.91 Å². The average Bonchev–Trinajstić information content (AvgIpc) is 2.58. The Labute approximate surface area is 141 Å². The zero-order chi connectivity index (χ0) is 17.3. The van der Waals surface area contributed by atoms with Crippen molar-refractivity contribution in [2.75, 3.05) is 0 Å². The van der Waals surface area contributed by atoms with Crippen LogP contribution in [-0.2, 0) is 11.3 Å². The van der Waals surface area contributed by atoms with Gasteiger partial charge in [-0.3, -0.25) is 9.59 Å². The van der Waals surface area contributed by atoms with Crippen molar-refractivity contribution in [2.24, 2.45) is 5.92 Å². The number of para-hydroxylation sites is 2. The molecule has 1 heterocycles. The molecule has 0 aliphatic carbocycles. The first-order valence-electron chi connectivity index (χ1n) is 8.28. The quantitative estimate of drug-likeness (QED) is 0.749. The predicted molar refractivity (Wildman–Crippen MR) is 98.2 cm³/mol. The van der Waals surface area contributed by atoms with Crippen LogP contribution in [0.25, 0.3) is 21.8 Å². The highest BCUT2D eigenvalue weighted by atomic mass is 16.2. The van der Waals surface area contributed by atoms with Gasteiger partial charge in [0, 0.05) is 16.8 Å². The van der Waals surface area contributed by atoms with E-state index < -0.39 is 0 Å². The summed E-state index contributed by atoms with van der Waals surface area (Å²) in [5.41, 5.74) is 1.58. The number of amides is 1. The lowest BCUT2D eigenvalue weighted by molar-refractivity contribution is -0.122. The molecule has 3 aromatic rings. The second-order valence-corrected chi connectivity index (χ2v) is 6.55. The molecule has 0 fully saturated rings. The van der Waals surface area contributed by atoms with E-state index >= 15 is 0 Å². The second-order valence-electron chi connectivity index (χ2n) is 6.55. The molecular formula is C20H22N2O2. The molecule has 4 heteroatoms. The zero-order valence-corrected chi connectivity index (χ0v) is 14.2. The SMILES string of the molecule is CC(C)C(C)NC(=O)Cn1c2ccccc2c(=O)c2ccccc21. The van der Waals surface area contributed by atoms with Crippen LogP contribution in [-0.4, -0.2) is 16.5 Å². The van der Waals surface area contributed by atoms with E-state index in [1.54, 1.807) is 0 Å². The van der Waals surface area contributed by atoms with E-state index in [2.05, 4.69) is 19.2 Å². The van der Waals surface area contributed by atoms with E-state index in [4.69, 9.17) is 0 Å². The lowest BCUT2D eigenvalue weighted by Crippen LogP contribution is -2.38. The maximum absolute atomic E-state index is 12.7. The average molecular weight is 322 g/mol. The Kier molecular flexibility index (Phi) is 4.38. The molecule has 24 heavy (non-hydrogen) atoms.